The average molecular weight is 348 g/mol. The highest BCUT2D eigenvalue weighted by Crippen LogP contribution is 2.24. The maximum Gasteiger partial charge on any atom is 0.139 e. The van der Waals surface area contributed by atoms with Crippen LogP contribution in [0.1, 0.15) is 17.0 Å². The van der Waals surface area contributed by atoms with Gasteiger partial charge in [0.15, 0.2) is 0 Å². The third-order valence-electron chi connectivity index (χ3n) is 4.02. The van der Waals surface area contributed by atoms with Crippen molar-refractivity contribution in [1.82, 2.24) is 14.5 Å². The van der Waals surface area contributed by atoms with Crippen molar-refractivity contribution < 1.29 is 0 Å². The van der Waals surface area contributed by atoms with Crippen molar-refractivity contribution >= 4 is 35.6 Å². The summed E-state index contributed by atoms with van der Waals surface area (Å²) in [5, 5.41) is 0. The van der Waals surface area contributed by atoms with E-state index in [2.05, 4.69) is 52.9 Å². The highest BCUT2D eigenvalue weighted by atomic mass is 35.5. The molecule has 2 aromatic carbocycles. The summed E-state index contributed by atoms with van der Waals surface area (Å²) in [5.41, 5.74) is 4.39. The molecule has 0 saturated carbocycles. The van der Waals surface area contributed by atoms with E-state index in [0.717, 1.165) is 33.8 Å². The molecule has 0 saturated heterocycles. The third-order valence-corrected chi connectivity index (χ3v) is 4.02. The fourth-order valence-corrected chi connectivity index (χ4v) is 2.83. The zero-order valence-corrected chi connectivity index (χ0v) is 14.6. The normalized spacial score (nSPS) is 10.9. The van der Waals surface area contributed by atoms with E-state index in [1.54, 1.807) is 0 Å². The van der Waals surface area contributed by atoms with E-state index in [1.807, 2.05) is 48.7 Å². The first-order chi connectivity index (χ1) is 11.8. The lowest BCUT2D eigenvalue weighted by atomic mass is 10.2. The SMILES string of the molecule is Cc1cccc2c1nc(/C=C/c1ccccc1)n2-c1ccccn1.Cl. The standard InChI is InChI=1S/C21H17N3.ClH/c1-16-8-7-11-18-21(16)23-20(14-13-17-9-3-2-4-10-17)24(18)19-12-5-6-15-22-19;/h2-15H,1H3;1H/b14-13+;. The van der Waals surface area contributed by atoms with Gasteiger partial charge in [-0.3, -0.25) is 4.57 Å². The van der Waals surface area contributed by atoms with E-state index in [4.69, 9.17) is 4.98 Å². The summed E-state index contributed by atoms with van der Waals surface area (Å²) in [6.07, 6.45) is 5.93. The number of aryl methyl sites for hydroxylation is 1. The van der Waals surface area contributed by atoms with Gasteiger partial charge in [0.2, 0.25) is 0 Å². The van der Waals surface area contributed by atoms with Crippen LogP contribution < -0.4 is 0 Å². The van der Waals surface area contributed by atoms with E-state index >= 15 is 0 Å². The fraction of sp³-hybridized carbons (Fsp3) is 0.0476. The smallest absolute Gasteiger partial charge is 0.139 e. The first kappa shape index (κ1) is 16.9. The lowest BCUT2D eigenvalue weighted by molar-refractivity contribution is 1.01. The molecule has 2 heterocycles. The van der Waals surface area contributed by atoms with Crippen molar-refractivity contribution in [2.45, 2.75) is 6.92 Å². The molecule has 0 atom stereocenters. The Labute approximate surface area is 153 Å². The van der Waals surface area contributed by atoms with Crippen LogP contribution in [0.15, 0.2) is 72.9 Å². The molecule has 4 heteroatoms. The molecule has 0 fully saturated rings. The Morgan fingerprint density at radius 1 is 0.840 bits per heavy atom. The number of rotatable bonds is 3. The van der Waals surface area contributed by atoms with Gasteiger partial charge < -0.3 is 0 Å². The monoisotopic (exact) mass is 347 g/mol. The van der Waals surface area contributed by atoms with Crippen LogP contribution in [0.2, 0.25) is 0 Å². The summed E-state index contributed by atoms with van der Waals surface area (Å²) in [4.78, 5) is 9.35. The Balaban J connectivity index is 0.00000182. The largest absolute Gasteiger partial charge is 0.277 e. The number of pyridine rings is 1. The molecule has 0 aliphatic rings. The number of fused-ring (bicyclic) bond motifs is 1. The van der Waals surface area contributed by atoms with E-state index in [9.17, 15) is 0 Å². The summed E-state index contributed by atoms with van der Waals surface area (Å²) in [7, 11) is 0. The summed E-state index contributed by atoms with van der Waals surface area (Å²) in [6.45, 7) is 2.09. The van der Waals surface area contributed by atoms with Crippen molar-refractivity contribution in [3.8, 4) is 5.82 Å². The second-order valence-electron chi connectivity index (χ2n) is 5.68. The zero-order chi connectivity index (χ0) is 16.4. The van der Waals surface area contributed by atoms with E-state index in [1.165, 1.54) is 0 Å². The molecule has 0 radical (unpaired) electrons. The molecule has 2 aromatic heterocycles. The number of halogens is 1. The molecular weight excluding hydrogens is 330 g/mol. The van der Waals surface area contributed by atoms with E-state index in [0.29, 0.717) is 0 Å². The summed E-state index contributed by atoms with van der Waals surface area (Å²) < 4.78 is 2.10. The molecule has 0 amide bonds. The van der Waals surface area contributed by atoms with Crippen molar-refractivity contribution in [1.29, 1.82) is 0 Å². The molecule has 4 rings (SSSR count). The molecule has 0 unspecified atom stereocenters. The summed E-state index contributed by atoms with van der Waals surface area (Å²) in [5.74, 6) is 1.75. The van der Waals surface area contributed by atoms with Crippen LogP contribution in [-0.4, -0.2) is 14.5 Å². The zero-order valence-electron chi connectivity index (χ0n) is 13.8. The Kier molecular flexibility index (Phi) is 4.96. The quantitative estimate of drug-likeness (QED) is 0.502. The molecule has 25 heavy (non-hydrogen) atoms. The van der Waals surface area contributed by atoms with Gasteiger partial charge in [0.05, 0.1) is 11.0 Å². The number of benzene rings is 2. The number of hydrogen-bond donors (Lipinski definition) is 0. The van der Waals surface area contributed by atoms with Gasteiger partial charge >= 0.3 is 0 Å². The Morgan fingerprint density at radius 2 is 1.64 bits per heavy atom. The van der Waals surface area contributed by atoms with Crippen LogP contribution >= 0.6 is 12.4 Å². The topological polar surface area (TPSA) is 30.7 Å². The summed E-state index contributed by atoms with van der Waals surface area (Å²) >= 11 is 0. The van der Waals surface area contributed by atoms with Crippen molar-refractivity contribution in [2.24, 2.45) is 0 Å². The summed E-state index contributed by atoms with van der Waals surface area (Å²) in [6, 6.07) is 22.4. The molecule has 124 valence electrons. The molecular formula is C21H18ClN3. The minimum atomic E-state index is 0. The molecule has 0 aliphatic carbocycles. The van der Waals surface area contributed by atoms with E-state index < -0.39 is 0 Å². The Bertz CT molecular complexity index is 1010. The van der Waals surface area contributed by atoms with Gasteiger partial charge in [0.1, 0.15) is 11.6 Å². The van der Waals surface area contributed by atoms with E-state index in [-0.39, 0.29) is 12.4 Å². The predicted octanol–water partition coefficient (Wildman–Crippen LogP) is 5.32. The highest BCUT2D eigenvalue weighted by Gasteiger charge is 2.12. The van der Waals surface area contributed by atoms with Crippen molar-refractivity contribution in [3.63, 3.8) is 0 Å². The number of aromatic nitrogens is 3. The van der Waals surface area contributed by atoms with Gasteiger partial charge in [-0.05, 0) is 42.3 Å². The van der Waals surface area contributed by atoms with Crippen molar-refractivity contribution in [3.05, 3.63) is 89.9 Å². The number of nitrogens with zero attached hydrogens (tertiary/aromatic N) is 3. The lowest BCUT2D eigenvalue weighted by Crippen LogP contribution is -1.99. The lowest BCUT2D eigenvalue weighted by Gasteiger charge is -2.05. The van der Waals surface area contributed by atoms with Gasteiger partial charge in [0.25, 0.3) is 0 Å². The first-order valence-corrected chi connectivity index (χ1v) is 7.95. The van der Waals surface area contributed by atoms with Gasteiger partial charge in [0, 0.05) is 6.20 Å². The molecule has 0 aliphatic heterocycles. The second kappa shape index (κ2) is 7.32. The van der Waals surface area contributed by atoms with Gasteiger partial charge in [-0.15, -0.1) is 12.4 Å². The third kappa shape index (κ3) is 3.32. The molecule has 0 spiro atoms. The fourth-order valence-electron chi connectivity index (χ4n) is 2.83. The Hall–Kier alpha value is -2.91. The minimum absolute atomic E-state index is 0. The van der Waals surface area contributed by atoms with Crippen molar-refractivity contribution in [2.75, 3.05) is 0 Å². The minimum Gasteiger partial charge on any atom is -0.277 e. The molecule has 0 bridgehead atoms. The molecule has 0 N–H and O–H groups in total. The van der Waals surface area contributed by atoms with Crippen LogP contribution in [0.3, 0.4) is 0 Å². The van der Waals surface area contributed by atoms with Gasteiger partial charge in [-0.1, -0.05) is 54.6 Å². The van der Waals surface area contributed by atoms with Crippen LogP contribution in [0.4, 0.5) is 0 Å². The van der Waals surface area contributed by atoms with Crippen LogP contribution in [-0.2, 0) is 0 Å². The van der Waals surface area contributed by atoms with Crippen LogP contribution in [0.5, 0.6) is 0 Å². The number of para-hydroxylation sites is 1. The van der Waals surface area contributed by atoms with Gasteiger partial charge in [-0.25, -0.2) is 9.97 Å². The maximum atomic E-state index is 4.84. The Morgan fingerprint density at radius 3 is 2.40 bits per heavy atom. The molecule has 3 nitrogen and oxygen atoms in total. The number of hydrogen-bond acceptors (Lipinski definition) is 2. The van der Waals surface area contributed by atoms with Gasteiger partial charge in [-0.2, -0.15) is 0 Å². The first-order valence-electron chi connectivity index (χ1n) is 7.95. The number of imidazole rings is 1. The molecule has 4 aromatic rings. The highest BCUT2D eigenvalue weighted by molar-refractivity contribution is 5.85. The predicted molar refractivity (Wildman–Crippen MR) is 106 cm³/mol. The van der Waals surface area contributed by atoms with Crippen LogP contribution in [0, 0.1) is 6.92 Å². The maximum absolute atomic E-state index is 4.84. The van der Waals surface area contributed by atoms with Crippen LogP contribution in [0.25, 0.3) is 29.0 Å². The second-order valence-corrected chi connectivity index (χ2v) is 5.68. The average Bonchev–Trinajstić information content (AvgIpc) is 3.01.